The van der Waals surface area contributed by atoms with Crippen LogP contribution in [0.5, 0.6) is 0 Å². The standard InChI is InChI=1S/C12H11N5OS/c1-2-3-10-16-17-12(19-10)15-11(18)9-6-8(7-13)4-5-14-9/h4-6H,2-3H2,1H3,(H,15,17,18). The molecule has 0 saturated heterocycles. The highest BCUT2D eigenvalue weighted by Gasteiger charge is 2.11. The summed E-state index contributed by atoms with van der Waals surface area (Å²) in [5, 5.41) is 20.6. The molecule has 0 atom stereocenters. The van der Waals surface area contributed by atoms with Gasteiger partial charge < -0.3 is 0 Å². The van der Waals surface area contributed by atoms with E-state index in [-0.39, 0.29) is 5.69 Å². The number of rotatable bonds is 4. The predicted molar refractivity (Wildman–Crippen MR) is 70.8 cm³/mol. The van der Waals surface area contributed by atoms with Gasteiger partial charge in [0.15, 0.2) is 0 Å². The van der Waals surface area contributed by atoms with Crippen molar-refractivity contribution >= 4 is 22.4 Å². The van der Waals surface area contributed by atoms with E-state index in [9.17, 15) is 4.79 Å². The number of aromatic nitrogens is 3. The zero-order valence-corrected chi connectivity index (χ0v) is 11.1. The largest absolute Gasteiger partial charge is 0.295 e. The van der Waals surface area contributed by atoms with Crippen LogP contribution >= 0.6 is 11.3 Å². The molecule has 0 radical (unpaired) electrons. The summed E-state index contributed by atoms with van der Waals surface area (Å²) in [5.41, 5.74) is 0.579. The number of carbonyl (C=O) groups is 1. The molecule has 2 aromatic rings. The summed E-state index contributed by atoms with van der Waals surface area (Å²) >= 11 is 1.34. The minimum absolute atomic E-state index is 0.186. The quantitative estimate of drug-likeness (QED) is 0.920. The number of hydrogen-bond donors (Lipinski definition) is 1. The van der Waals surface area contributed by atoms with Crippen LogP contribution in [-0.2, 0) is 6.42 Å². The number of nitrogens with zero attached hydrogens (tertiary/aromatic N) is 4. The minimum atomic E-state index is -0.392. The third-order valence-electron chi connectivity index (χ3n) is 2.27. The lowest BCUT2D eigenvalue weighted by molar-refractivity contribution is 0.102. The van der Waals surface area contributed by atoms with Crippen molar-refractivity contribution in [2.45, 2.75) is 19.8 Å². The predicted octanol–water partition coefficient (Wildman–Crippen LogP) is 2.01. The lowest BCUT2D eigenvalue weighted by atomic mass is 10.2. The van der Waals surface area contributed by atoms with Crippen molar-refractivity contribution in [1.29, 1.82) is 5.26 Å². The van der Waals surface area contributed by atoms with Gasteiger partial charge in [-0.1, -0.05) is 18.3 Å². The maximum absolute atomic E-state index is 11.9. The van der Waals surface area contributed by atoms with E-state index < -0.39 is 5.91 Å². The molecule has 0 bridgehead atoms. The average Bonchev–Trinajstić information content (AvgIpc) is 2.86. The van der Waals surface area contributed by atoms with E-state index in [2.05, 4.69) is 27.4 Å². The first-order valence-corrected chi connectivity index (χ1v) is 6.54. The smallest absolute Gasteiger partial charge is 0.276 e. The molecule has 19 heavy (non-hydrogen) atoms. The van der Waals surface area contributed by atoms with E-state index in [1.807, 2.05) is 6.07 Å². The Balaban J connectivity index is 2.09. The molecule has 2 aromatic heterocycles. The summed E-state index contributed by atoms with van der Waals surface area (Å²) in [5.74, 6) is -0.392. The second kappa shape index (κ2) is 6.02. The monoisotopic (exact) mass is 273 g/mol. The summed E-state index contributed by atoms with van der Waals surface area (Å²) < 4.78 is 0. The molecule has 0 saturated carbocycles. The molecule has 2 rings (SSSR count). The topological polar surface area (TPSA) is 91.6 Å². The van der Waals surface area contributed by atoms with Gasteiger partial charge in [0, 0.05) is 12.6 Å². The summed E-state index contributed by atoms with van der Waals surface area (Å²) in [4.78, 5) is 15.8. The van der Waals surface area contributed by atoms with Crippen molar-refractivity contribution in [1.82, 2.24) is 15.2 Å². The van der Waals surface area contributed by atoms with Gasteiger partial charge in [-0.2, -0.15) is 5.26 Å². The van der Waals surface area contributed by atoms with Gasteiger partial charge >= 0.3 is 0 Å². The van der Waals surface area contributed by atoms with E-state index in [0.717, 1.165) is 17.8 Å². The first kappa shape index (κ1) is 13.1. The maximum Gasteiger partial charge on any atom is 0.276 e. The number of anilines is 1. The molecule has 1 amide bonds. The highest BCUT2D eigenvalue weighted by atomic mass is 32.1. The fourth-order valence-electron chi connectivity index (χ4n) is 1.40. The van der Waals surface area contributed by atoms with Gasteiger partial charge in [0.1, 0.15) is 10.7 Å². The fourth-order valence-corrected chi connectivity index (χ4v) is 2.24. The molecule has 0 spiro atoms. The lowest BCUT2D eigenvalue weighted by Crippen LogP contribution is -2.13. The van der Waals surface area contributed by atoms with Crippen LogP contribution in [-0.4, -0.2) is 21.1 Å². The molecular weight excluding hydrogens is 262 g/mol. The SMILES string of the molecule is CCCc1nnc(NC(=O)c2cc(C#N)ccn2)s1. The first-order chi connectivity index (χ1) is 9.22. The zero-order valence-electron chi connectivity index (χ0n) is 10.3. The molecule has 0 unspecified atom stereocenters. The van der Waals surface area contributed by atoms with Crippen LogP contribution in [0.15, 0.2) is 18.3 Å². The average molecular weight is 273 g/mol. The number of pyridine rings is 1. The molecule has 0 aliphatic rings. The Morgan fingerprint density at radius 3 is 3.11 bits per heavy atom. The number of nitriles is 1. The number of carbonyl (C=O) groups excluding carboxylic acids is 1. The van der Waals surface area contributed by atoms with Crippen molar-refractivity contribution in [3.63, 3.8) is 0 Å². The van der Waals surface area contributed by atoms with Crippen molar-refractivity contribution in [3.8, 4) is 6.07 Å². The normalized spacial score (nSPS) is 9.89. The highest BCUT2D eigenvalue weighted by molar-refractivity contribution is 7.15. The number of nitrogens with one attached hydrogen (secondary N) is 1. The Kier molecular flexibility index (Phi) is 4.15. The molecule has 0 fully saturated rings. The summed E-state index contributed by atoms with van der Waals surface area (Å²) in [6.07, 6.45) is 3.25. The van der Waals surface area contributed by atoms with Crippen molar-refractivity contribution in [3.05, 3.63) is 34.6 Å². The van der Waals surface area contributed by atoms with Crippen molar-refractivity contribution in [2.75, 3.05) is 5.32 Å². The third kappa shape index (κ3) is 3.33. The van der Waals surface area contributed by atoms with E-state index in [4.69, 9.17) is 5.26 Å². The van der Waals surface area contributed by atoms with Gasteiger partial charge in [0.05, 0.1) is 11.6 Å². The summed E-state index contributed by atoms with van der Waals surface area (Å²) in [6, 6.07) is 4.94. The Bertz CT molecular complexity index is 631. The second-order valence-corrected chi connectivity index (χ2v) is 4.81. The van der Waals surface area contributed by atoms with E-state index >= 15 is 0 Å². The molecule has 96 valence electrons. The lowest BCUT2D eigenvalue weighted by Gasteiger charge is -1.99. The third-order valence-corrected chi connectivity index (χ3v) is 3.17. The van der Waals surface area contributed by atoms with Gasteiger partial charge in [-0.05, 0) is 18.6 Å². The zero-order chi connectivity index (χ0) is 13.7. The molecule has 0 aromatic carbocycles. The van der Waals surface area contributed by atoms with Gasteiger partial charge in [0.2, 0.25) is 5.13 Å². The van der Waals surface area contributed by atoms with Gasteiger partial charge in [-0.3, -0.25) is 15.1 Å². The van der Waals surface area contributed by atoms with Gasteiger partial charge in [-0.15, -0.1) is 10.2 Å². The summed E-state index contributed by atoms with van der Waals surface area (Å²) in [6.45, 7) is 2.05. The molecular formula is C12H11N5OS. The van der Waals surface area contributed by atoms with Crippen LogP contribution in [0.4, 0.5) is 5.13 Å². The van der Waals surface area contributed by atoms with Crippen molar-refractivity contribution in [2.24, 2.45) is 0 Å². The van der Waals surface area contributed by atoms with Crippen LogP contribution in [0.1, 0.15) is 34.4 Å². The Labute approximate surface area is 114 Å². The van der Waals surface area contributed by atoms with Gasteiger partial charge in [0.25, 0.3) is 5.91 Å². The van der Waals surface area contributed by atoms with Crippen molar-refractivity contribution < 1.29 is 4.79 Å². The maximum atomic E-state index is 11.9. The molecule has 0 aliphatic carbocycles. The number of amides is 1. The van der Waals surface area contributed by atoms with E-state index in [1.54, 1.807) is 6.07 Å². The van der Waals surface area contributed by atoms with Crippen LogP contribution in [0.25, 0.3) is 0 Å². The molecule has 0 aliphatic heterocycles. The molecule has 2 heterocycles. The fraction of sp³-hybridized carbons (Fsp3) is 0.250. The molecule has 1 N–H and O–H groups in total. The van der Waals surface area contributed by atoms with Crippen LogP contribution < -0.4 is 5.32 Å². The van der Waals surface area contributed by atoms with Crippen LogP contribution in [0.3, 0.4) is 0 Å². The summed E-state index contributed by atoms with van der Waals surface area (Å²) in [7, 11) is 0. The van der Waals surface area contributed by atoms with Crippen LogP contribution in [0.2, 0.25) is 0 Å². The molecule has 7 heteroatoms. The van der Waals surface area contributed by atoms with E-state index in [0.29, 0.717) is 10.7 Å². The first-order valence-electron chi connectivity index (χ1n) is 5.73. The number of aryl methyl sites for hydroxylation is 1. The minimum Gasteiger partial charge on any atom is -0.295 e. The van der Waals surface area contributed by atoms with E-state index in [1.165, 1.54) is 23.6 Å². The second-order valence-electron chi connectivity index (χ2n) is 3.75. The molecule has 6 nitrogen and oxygen atoms in total. The Morgan fingerprint density at radius 1 is 1.53 bits per heavy atom. The Morgan fingerprint density at radius 2 is 2.37 bits per heavy atom. The Hall–Kier alpha value is -2.33. The van der Waals surface area contributed by atoms with Gasteiger partial charge in [-0.25, -0.2) is 0 Å². The highest BCUT2D eigenvalue weighted by Crippen LogP contribution is 2.17. The van der Waals surface area contributed by atoms with Crippen LogP contribution in [0, 0.1) is 11.3 Å². The number of hydrogen-bond acceptors (Lipinski definition) is 6.